The Balaban J connectivity index is 1.67. The summed E-state index contributed by atoms with van der Waals surface area (Å²) in [6.07, 6.45) is 4.14. The molecule has 1 unspecified atom stereocenters. The summed E-state index contributed by atoms with van der Waals surface area (Å²) >= 11 is 0. The van der Waals surface area contributed by atoms with Gasteiger partial charge >= 0.3 is 0 Å². The number of quaternary nitrogens is 1. The maximum atomic E-state index is 11.9. The molecule has 0 aliphatic carbocycles. The second-order valence-electron chi connectivity index (χ2n) is 6.88. The molecule has 1 aromatic rings. The van der Waals surface area contributed by atoms with E-state index >= 15 is 0 Å². The normalized spacial score (nSPS) is 31.1. The second kappa shape index (κ2) is 6.18. The van der Waals surface area contributed by atoms with Gasteiger partial charge in [0, 0.05) is 24.8 Å². The van der Waals surface area contributed by atoms with E-state index in [-0.39, 0.29) is 5.91 Å². The number of fused-ring (bicyclic) bond motifs is 3. The largest absolute Gasteiger partial charge is 0.347 e. The maximum Gasteiger partial charge on any atom is 0.220 e. The SMILES string of the molecule is CCCC(=O)NC1C[N+]2(Cc3ccccc3)CCC1CC2. The number of hydrogen-bond donors (Lipinski definition) is 1. The third kappa shape index (κ3) is 3.29. The molecule has 114 valence electrons. The molecule has 1 N–H and O–H groups in total. The highest BCUT2D eigenvalue weighted by atomic mass is 16.1. The number of carbonyl (C=O) groups is 1. The molecule has 3 nitrogen and oxygen atoms in total. The lowest BCUT2D eigenvalue weighted by Crippen LogP contribution is -2.66. The van der Waals surface area contributed by atoms with Gasteiger partial charge in [0.15, 0.2) is 0 Å². The number of carbonyl (C=O) groups excluding carboxylic acids is 1. The van der Waals surface area contributed by atoms with Crippen LogP contribution in [0, 0.1) is 5.92 Å². The number of hydrogen-bond acceptors (Lipinski definition) is 1. The molecule has 1 amide bonds. The zero-order chi connectivity index (χ0) is 14.7. The van der Waals surface area contributed by atoms with Gasteiger partial charge in [-0.2, -0.15) is 0 Å². The Labute approximate surface area is 127 Å². The van der Waals surface area contributed by atoms with Crippen LogP contribution in [0.3, 0.4) is 0 Å². The molecular weight excluding hydrogens is 260 g/mol. The minimum atomic E-state index is 0.245. The predicted molar refractivity (Wildman–Crippen MR) is 84.6 cm³/mol. The first-order chi connectivity index (χ1) is 10.2. The summed E-state index contributed by atoms with van der Waals surface area (Å²) in [5.41, 5.74) is 1.43. The van der Waals surface area contributed by atoms with Gasteiger partial charge in [0.25, 0.3) is 0 Å². The van der Waals surface area contributed by atoms with Gasteiger partial charge in [-0.05, 0) is 12.3 Å². The summed E-state index contributed by atoms with van der Waals surface area (Å²) in [6, 6.07) is 11.2. The van der Waals surface area contributed by atoms with Crippen LogP contribution < -0.4 is 5.32 Å². The third-order valence-corrected chi connectivity index (χ3v) is 5.29. The summed E-state index contributed by atoms with van der Waals surface area (Å²) in [5.74, 6) is 0.954. The number of benzene rings is 1. The van der Waals surface area contributed by atoms with Crippen LogP contribution in [0.2, 0.25) is 0 Å². The van der Waals surface area contributed by atoms with Gasteiger partial charge in [-0.15, -0.1) is 0 Å². The molecule has 3 fully saturated rings. The van der Waals surface area contributed by atoms with Crippen molar-refractivity contribution in [3.63, 3.8) is 0 Å². The lowest BCUT2D eigenvalue weighted by atomic mass is 9.81. The van der Waals surface area contributed by atoms with Crippen molar-refractivity contribution in [2.45, 2.75) is 45.2 Å². The molecule has 0 spiro atoms. The minimum absolute atomic E-state index is 0.245. The molecule has 0 saturated carbocycles. The molecule has 3 heterocycles. The Morgan fingerprint density at radius 2 is 1.95 bits per heavy atom. The molecule has 4 rings (SSSR count). The van der Waals surface area contributed by atoms with Crippen LogP contribution >= 0.6 is 0 Å². The molecule has 3 aliphatic rings. The van der Waals surface area contributed by atoms with Gasteiger partial charge in [0.05, 0.1) is 25.7 Å². The van der Waals surface area contributed by atoms with Gasteiger partial charge in [-0.3, -0.25) is 4.79 Å². The highest BCUT2D eigenvalue weighted by Crippen LogP contribution is 2.35. The molecule has 3 heteroatoms. The zero-order valence-electron chi connectivity index (χ0n) is 13.1. The van der Waals surface area contributed by atoms with E-state index in [1.54, 1.807) is 0 Å². The first-order valence-corrected chi connectivity index (χ1v) is 8.39. The average molecular weight is 287 g/mol. The fraction of sp³-hybridized carbons (Fsp3) is 0.611. The number of nitrogens with one attached hydrogen (secondary N) is 1. The summed E-state index contributed by atoms with van der Waals surface area (Å²) in [4.78, 5) is 11.9. The van der Waals surface area contributed by atoms with Crippen molar-refractivity contribution < 1.29 is 9.28 Å². The Kier molecular flexibility index (Phi) is 4.29. The van der Waals surface area contributed by atoms with Crippen LogP contribution in [0.25, 0.3) is 0 Å². The highest BCUT2D eigenvalue weighted by Gasteiger charge is 2.46. The smallest absolute Gasteiger partial charge is 0.220 e. The van der Waals surface area contributed by atoms with Crippen LogP contribution in [-0.2, 0) is 11.3 Å². The molecule has 0 aromatic heterocycles. The fourth-order valence-electron chi connectivity index (χ4n) is 4.15. The topological polar surface area (TPSA) is 29.1 Å². The molecule has 3 aliphatic heterocycles. The lowest BCUT2D eigenvalue weighted by Gasteiger charge is -2.52. The van der Waals surface area contributed by atoms with Crippen molar-refractivity contribution >= 4 is 5.91 Å². The van der Waals surface area contributed by atoms with Crippen molar-refractivity contribution in [1.29, 1.82) is 0 Å². The number of rotatable bonds is 5. The van der Waals surface area contributed by atoms with Gasteiger partial charge in [-0.25, -0.2) is 0 Å². The highest BCUT2D eigenvalue weighted by molar-refractivity contribution is 5.76. The van der Waals surface area contributed by atoms with Crippen LogP contribution in [0.1, 0.15) is 38.2 Å². The quantitative estimate of drug-likeness (QED) is 0.829. The summed E-state index contributed by atoms with van der Waals surface area (Å²) < 4.78 is 1.16. The minimum Gasteiger partial charge on any atom is -0.347 e. The Bertz CT molecular complexity index is 477. The Morgan fingerprint density at radius 3 is 2.62 bits per heavy atom. The summed E-state index contributed by atoms with van der Waals surface area (Å²) in [7, 11) is 0. The van der Waals surface area contributed by atoms with E-state index in [4.69, 9.17) is 0 Å². The molecular formula is C18H27N2O+. The zero-order valence-corrected chi connectivity index (χ0v) is 13.1. The van der Waals surface area contributed by atoms with E-state index in [9.17, 15) is 4.79 Å². The number of piperidine rings is 3. The number of nitrogens with zero attached hydrogens (tertiary/aromatic N) is 1. The predicted octanol–water partition coefficient (Wildman–Crippen LogP) is 2.71. The van der Waals surface area contributed by atoms with Crippen molar-refractivity contribution in [3.8, 4) is 0 Å². The first-order valence-electron chi connectivity index (χ1n) is 8.39. The third-order valence-electron chi connectivity index (χ3n) is 5.29. The van der Waals surface area contributed by atoms with Gasteiger partial charge < -0.3 is 9.80 Å². The molecule has 21 heavy (non-hydrogen) atoms. The van der Waals surface area contributed by atoms with E-state index in [2.05, 4.69) is 42.6 Å². The van der Waals surface area contributed by atoms with Crippen LogP contribution in [0.5, 0.6) is 0 Å². The Morgan fingerprint density at radius 1 is 1.24 bits per heavy atom. The van der Waals surface area contributed by atoms with Gasteiger partial charge in [0.1, 0.15) is 6.54 Å². The standard InChI is InChI=1S/C18H26N2O/c1-2-6-18(21)19-17-14-20(11-9-16(17)10-12-20)13-15-7-4-3-5-8-15/h3-5,7-8,16-17H,2,6,9-14H2,1H3/p+1. The van der Waals surface area contributed by atoms with Crippen LogP contribution in [-0.4, -0.2) is 36.1 Å². The molecule has 1 aromatic carbocycles. The lowest BCUT2D eigenvalue weighted by molar-refractivity contribution is -0.956. The van der Waals surface area contributed by atoms with E-state index in [0.29, 0.717) is 18.4 Å². The average Bonchev–Trinajstić information content (AvgIpc) is 2.49. The van der Waals surface area contributed by atoms with E-state index in [0.717, 1.165) is 24.0 Å². The number of amides is 1. The van der Waals surface area contributed by atoms with Crippen molar-refractivity contribution in [2.24, 2.45) is 5.92 Å². The summed E-state index contributed by atoms with van der Waals surface area (Å²) in [5, 5.41) is 3.31. The van der Waals surface area contributed by atoms with E-state index in [1.165, 1.54) is 31.5 Å². The van der Waals surface area contributed by atoms with Crippen LogP contribution in [0.15, 0.2) is 30.3 Å². The van der Waals surface area contributed by atoms with Crippen molar-refractivity contribution in [2.75, 3.05) is 19.6 Å². The van der Waals surface area contributed by atoms with Crippen LogP contribution in [0.4, 0.5) is 0 Å². The molecule has 3 saturated heterocycles. The second-order valence-corrected chi connectivity index (χ2v) is 6.88. The maximum absolute atomic E-state index is 11.9. The van der Waals surface area contributed by atoms with Gasteiger partial charge in [0.2, 0.25) is 5.91 Å². The monoisotopic (exact) mass is 287 g/mol. The Hall–Kier alpha value is -1.35. The molecule has 0 radical (unpaired) electrons. The van der Waals surface area contributed by atoms with E-state index < -0.39 is 0 Å². The molecule has 1 atom stereocenters. The van der Waals surface area contributed by atoms with Crippen molar-refractivity contribution in [1.82, 2.24) is 5.32 Å². The van der Waals surface area contributed by atoms with Crippen molar-refractivity contribution in [3.05, 3.63) is 35.9 Å². The first kappa shape index (κ1) is 14.6. The van der Waals surface area contributed by atoms with Gasteiger partial charge in [-0.1, -0.05) is 37.3 Å². The van der Waals surface area contributed by atoms with E-state index in [1.807, 2.05) is 0 Å². The molecule has 2 bridgehead atoms. The summed E-state index contributed by atoms with van der Waals surface area (Å²) in [6.45, 7) is 6.86. The fourth-order valence-corrected chi connectivity index (χ4v) is 4.15.